The van der Waals surface area contributed by atoms with Gasteiger partial charge in [0.2, 0.25) is 0 Å². The number of hydrogen-bond donors (Lipinski definition) is 1. The molecule has 1 saturated carbocycles. The fraction of sp³-hybridized carbons (Fsp3) is 0.444. The summed E-state index contributed by atoms with van der Waals surface area (Å²) in [6.07, 6.45) is 4.67. The molecule has 1 aromatic carbocycles. The first-order valence-electron chi connectivity index (χ1n) is 8.09. The number of nitrogens with one attached hydrogen (secondary N) is 1. The SMILES string of the molecule is CN(CCN(C)C1CC1)Cc1c[nH]nc1-c1ccc(C#N)cc1. The van der Waals surface area contributed by atoms with Crippen LogP contribution in [0, 0.1) is 11.3 Å². The monoisotopic (exact) mass is 309 g/mol. The number of aromatic amines is 1. The number of rotatable bonds is 7. The highest BCUT2D eigenvalue weighted by Gasteiger charge is 2.25. The molecule has 0 bridgehead atoms. The molecule has 1 heterocycles. The van der Waals surface area contributed by atoms with E-state index < -0.39 is 0 Å². The van der Waals surface area contributed by atoms with Crippen molar-refractivity contribution in [1.82, 2.24) is 20.0 Å². The molecular formula is C18H23N5. The summed E-state index contributed by atoms with van der Waals surface area (Å²) in [5, 5.41) is 16.3. The zero-order valence-electron chi connectivity index (χ0n) is 13.8. The van der Waals surface area contributed by atoms with Crippen LogP contribution < -0.4 is 0 Å². The van der Waals surface area contributed by atoms with E-state index in [4.69, 9.17) is 5.26 Å². The Labute approximate surface area is 137 Å². The molecule has 0 spiro atoms. The van der Waals surface area contributed by atoms with Crippen molar-refractivity contribution in [3.63, 3.8) is 0 Å². The van der Waals surface area contributed by atoms with E-state index in [1.807, 2.05) is 30.5 Å². The fourth-order valence-electron chi connectivity index (χ4n) is 2.78. The average molecular weight is 309 g/mol. The molecule has 1 aromatic heterocycles. The van der Waals surface area contributed by atoms with Crippen LogP contribution >= 0.6 is 0 Å². The van der Waals surface area contributed by atoms with E-state index in [2.05, 4.69) is 40.2 Å². The normalized spacial score (nSPS) is 14.4. The third-order valence-electron chi connectivity index (χ3n) is 4.45. The molecule has 120 valence electrons. The highest BCUT2D eigenvalue weighted by atomic mass is 15.2. The topological polar surface area (TPSA) is 58.9 Å². The van der Waals surface area contributed by atoms with E-state index in [-0.39, 0.29) is 0 Å². The van der Waals surface area contributed by atoms with E-state index in [9.17, 15) is 0 Å². The largest absolute Gasteiger partial charge is 0.302 e. The second kappa shape index (κ2) is 6.95. The summed E-state index contributed by atoms with van der Waals surface area (Å²) in [6.45, 7) is 3.01. The van der Waals surface area contributed by atoms with Crippen molar-refractivity contribution in [2.75, 3.05) is 27.2 Å². The number of H-pyrrole nitrogens is 1. The van der Waals surface area contributed by atoms with Crippen molar-refractivity contribution in [3.8, 4) is 17.3 Å². The van der Waals surface area contributed by atoms with Crippen LogP contribution in [0.1, 0.15) is 24.0 Å². The van der Waals surface area contributed by atoms with Crippen LogP contribution in [-0.2, 0) is 6.54 Å². The summed E-state index contributed by atoms with van der Waals surface area (Å²) in [7, 11) is 4.36. The molecule has 0 saturated heterocycles. The molecule has 0 amide bonds. The number of nitrogens with zero attached hydrogens (tertiary/aromatic N) is 4. The lowest BCUT2D eigenvalue weighted by Crippen LogP contribution is -2.31. The second-order valence-corrected chi connectivity index (χ2v) is 6.40. The molecule has 1 N–H and O–H groups in total. The first-order valence-corrected chi connectivity index (χ1v) is 8.09. The predicted octanol–water partition coefficient (Wildman–Crippen LogP) is 2.47. The minimum Gasteiger partial charge on any atom is -0.302 e. The van der Waals surface area contributed by atoms with Gasteiger partial charge in [-0.05, 0) is 39.1 Å². The quantitative estimate of drug-likeness (QED) is 0.853. The molecule has 1 aliphatic carbocycles. The van der Waals surface area contributed by atoms with Crippen molar-refractivity contribution in [2.45, 2.75) is 25.4 Å². The molecule has 2 aromatic rings. The summed E-state index contributed by atoms with van der Waals surface area (Å²) in [6, 6.07) is 10.5. The van der Waals surface area contributed by atoms with Crippen LogP contribution in [0.2, 0.25) is 0 Å². The molecule has 1 fully saturated rings. The Morgan fingerprint density at radius 2 is 1.96 bits per heavy atom. The Morgan fingerprint density at radius 3 is 2.61 bits per heavy atom. The van der Waals surface area contributed by atoms with Crippen LogP contribution in [-0.4, -0.2) is 53.2 Å². The van der Waals surface area contributed by atoms with E-state index in [0.29, 0.717) is 5.56 Å². The smallest absolute Gasteiger partial charge is 0.0991 e. The average Bonchev–Trinajstić information content (AvgIpc) is 3.33. The number of nitriles is 1. The Kier molecular flexibility index (Phi) is 4.75. The molecule has 3 rings (SSSR count). The van der Waals surface area contributed by atoms with Crippen LogP contribution in [0.3, 0.4) is 0 Å². The van der Waals surface area contributed by atoms with E-state index in [1.54, 1.807) is 0 Å². The van der Waals surface area contributed by atoms with Gasteiger partial charge >= 0.3 is 0 Å². The number of hydrogen-bond acceptors (Lipinski definition) is 4. The Hall–Kier alpha value is -2.16. The minimum atomic E-state index is 0.672. The van der Waals surface area contributed by atoms with Crippen molar-refractivity contribution in [2.24, 2.45) is 0 Å². The maximum Gasteiger partial charge on any atom is 0.0991 e. The Bertz CT molecular complexity index is 678. The zero-order valence-corrected chi connectivity index (χ0v) is 13.8. The lowest BCUT2D eigenvalue weighted by molar-refractivity contribution is 0.246. The highest BCUT2D eigenvalue weighted by Crippen LogP contribution is 2.25. The van der Waals surface area contributed by atoms with E-state index in [0.717, 1.165) is 36.9 Å². The number of aromatic nitrogens is 2. The van der Waals surface area contributed by atoms with Gasteiger partial charge in [0.1, 0.15) is 0 Å². The van der Waals surface area contributed by atoms with Crippen molar-refractivity contribution >= 4 is 0 Å². The van der Waals surface area contributed by atoms with Gasteiger partial charge in [0.25, 0.3) is 0 Å². The summed E-state index contributed by atoms with van der Waals surface area (Å²) >= 11 is 0. The Balaban J connectivity index is 1.62. The van der Waals surface area contributed by atoms with Crippen LogP contribution in [0.5, 0.6) is 0 Å². The van der Waals surface area contributed by atoms with Crippen molar-refractivity contribution < 1.29 is 0 Å². The van der Waals surface area contributed by atoms with Crippen LogP contribution in [0.15, 0.2) is 30.5 Å². The lowest BCUT2D eigenvalue weighted by Gasteiger charge is -2.21. The third-order valence-corrected chi connectivity index (χ3v) is 4.45. The van der Waals surface area contributed by atoms with Crippen molar-refractivity contribution in [1.29, 1.82) is 5.26 Å². The molecule has 5 nitrogen and oxygen atoms in total. The van der Waals surface area contributed by atoms with E-state index in [1.165, 1.54) is 18.4 Å². The first kappa shape index (κ1) is 15.7. The molecular weight excluding hydrogens is 286 g/mol. The van der Waals surface area contributed by atoms with Gasteiger partial charge in [-0.3, -0.25) is 5.10 Å². The first-order chi connectivity index (χ1) is 11.2. The predicted molar refractivity (Wildman–Crippen MR) is 90.7 cm³/mol. The Morgan fingerprint density at radius 1 is 1.22 bits per heavy atom. The molecule has 23 heavy (non-hydrogen) atoms. The summed E-state index contributed by atoms with van der Waals surface area (Å²) in [5.41, 5.74) is 3.87. The van der Waals surface area contributed by atoms with Gasteiger partial charge in [-0.2, -0.15) is 10.4 Å². The van der Waals surface area contributed by atoms with Gasteiger partial charge in [-0.15, -0.1) is 0 Å². The number of likely N-dealkylation sites (N-methyl/N-ethyl adjacent to an activating group) is 2. The molecule has 0 atom stereocenters. The number of benzene rings is 1. The molecule has 1 aliphatic rings. The molecule has 0 unspecified atom stereocenters. The van der Waals surface area contributed by atoms with Gasteiger partial charge in [0.15, 0.2) is 0 Å². The van der Waals surface area contributed by atoms with Crippen molar-refractivity contribution in [3.05, 3.63) is 41.6 Å². The van der Waals surface area contributed by atoms with E-state index >= 15 is 0 Å². The molecule has 0 aliphatic heterocycles. The fourth-order valence-corrected chi connectivity index (χ4v) is 2.78. The molecule has 0 radical (unpaired) electrons. The van der Waals surface area contributed by atoms with Gasteiger partial charge in [0, 0.05) is 43.0 Å². The van der Waals surface area contributed by atoms with Gasteiger partial charge in [-0.25, -0.2) is 0 Å². The van der Waals surface area contributed by atoms with Gasteiger partial charge in [0.05, 0.1) is 17.3 Å². The van der Waals surface area contributed by atoms with Crippen LogP contribution in [0.25, 0.3) is 11.3 Å². The highest BCUT2D eigenvalue weighted by molar-refractivity contribution is 5.63. The maximum absolute atomic E-state index is 8.90. The standard InChI is InChI=1S/C18H23N5/c1-22(9-10-23(2)17-7-8-17)13-16-12-20-21-18(16)15-5-3-14(11-19)4-6-15/h3-6,12,17H,7-10,13H2,1-2H3,(H,20,21). The zero-order chi connectivity index (χ0) is 16.2. The summed E-state index contributed by atoms with van der Waals surface area (Å²) < 4.78 is 0. The third kappa shape index (κ3) is 3.98. The molecule has 5 heteroatoms. The maximum atomic E-state index is 8.90. The summed E-state index contributed by atoms with van der Waals surface area (Å²) in [4.78, 5) is 4.78. The summed E-state index contributed by atoms with van der Waals surface area (Å²) in [5.74, 6) is 0. The minimum absolute atomic E-state index is 0.672. The second-order valence-electron chi connectivity index (χ2n) is 6.40. The van der Waals surface area contributed by atoms with Crippen LogP contribution in [0.4, 0.5) is 0 Å². The lowest BCUT2D eigenvalue weighted by atomic mass is 10.1. The van der Waals surface area contributed by atoms with Gasteiger partial charge in [-0.1, -0.05) is 12.1 Å². The van der Waals surface area contributed by atoms with Gasteiger partial charge < -0.3 is 9.80 Å².